The largest absolute Gasteiger partial charge is 0.384 e. The van der Waals surface area contributed by atoms with Gasteiger partial charge in [-0.15, -0.1) is 0 Å². The maximum Gasteiger partial charge on any atom is 0.103 e. The first-order valence-electron chi connectivity index (χ1n) is 6.32. The van der Waals surface area contributed by atoms with Crippen molar-refractivity contribution in [3.63, 3.8) is 0 Å². The minimum Gasteiger partial charge on any atom is -0.384 e. The lowest BCUT2D eigenvalue weighted by Gasteiger charge is -2.32. The van der Waals surface area contributed by atoms with Gasteiger partial charge in [0.1, 0.15) is 5.60 Å². The molecule has 2 N–H and O–H groups in total. The molecule has 1 aromatic carbocycles. The average molecular weight is 217 g/mol. The summed E-state index contributed by atoms with van der Waals surface area (Å²) < 4.78 is 0. The molecule has 1 aromatic rings. The van der Waals surface area contributed by atoms with Crippen LogP contribution in [-0.2, 0) is 12.0 Å². The highest BCUT2D eigenvalue weighted by atomic mass is 16.3. The Morgan fingerprint density at radius 3 is 2.88 bits per heavy atom. The molecule has 0 bridgehead atoms. The third-order valence-electron chi connectivity index (χ3n) is 4.11. The Kier molecular flexibility index (Phi) is 2.49. The third kappa shape index (κ3) is 1.66. The zero-order chi connectivity index (χ0) is 11.0. The lowest BCUT2D eigenvalue weighted by Crippen LogP contribution is -2.44. The van der Waals surface area contributed by atoms with Crippen molar-refractivity contribution in [3.8, 4) is 0 Å². The van der Waals surface area contributed by atoms with Crippen LogP contribution in [0.5, 0.6) is 0 Å². The second-order valence-electron chi connectivity index (χ2n) is 5.20. The minimum absolute atomic E-state index is 0.619. The summed E-state index contributed by atoms with van der Waals surface area (Å²) in [7, 11) is 0. The SMILES string of the molecule is OC1(CNC2CCC2)CCc2ccccc21. The Morgan fingerprint density at radius 1 is 1.31 bits per heavy atom. The van der Waals surface area contributed by atoms with Gasteiger partial charge in [-0.25, -0.2) is 0 Å². The van der Waals surface area contributed by atoms with Gasteiger partial charge in [0.15, 0.2) is 0 Å². The van der Waals surface area contributed by atoms with Crippen molar-refractivity contribution in [3.05, 3.63) is 35.4 Å². The molecule has 16 heavy (non-hydrogen) atoms. The summed E-state index contributed by atoms with van der Waals surface area (Å²) in [5, 5.41) is 14.1. The molecule has 0 heterocycles. The summed E-state index contributed by atoms with van der Waals surface area (Å²) in [5.74, 6) is 0. The van der Waals surface area contributed by atoms with Gasteiger partial charge >= 0.3 is 0 Å². The fourth-order valence-corrected chi connectivity index (χ4v) is 2.78. The monoisotopic (exact) mass is 217 g/mol. The summed E-state index contributed by atoms with van der Waals surface area (Å²) in [4.78, 5) is 0. The van der Waals surface area contributed by atoms with E-state index in [9.17, 15) is 5.11 Å². The summed E-state index contributed by atoms with van der Waals surface area (Å²) in [6.07, 6.45) is 5.77. The molecular formula is C14H19NO. The van der Waals surface area contributed by atoms with Crippen molar-refractivity contribution < 1.29 is 5.11 Å². The number of hydrogen-bond acceptors (Lipinski definition) is 2. The van der Waals surface area contributed by atoms with Crippen LogP contribution in [0.4, 0.5) is 0 Å². The molecule has 0 spiro atoms. The third-order valence-corrected chi connectivity index (χ3v) is 4.11. The molecule has 86 valence electrons. The Morgan fingerprint density at radius 2 is 2.12 bits per heavy atom. The molecule has 3 rings (SSSR count). The van der Waals surface area contributed by atoms with Crippen LogP contribution in [0.3, 0.4) is 0 Å². The number of aryl methyl sites for hydroxylation is 1. The van der Waals surface area contributed by atoms with E-state index in [4.69, 9.17) is 0 Å². The van der Waals surface area contributed by atoms with E-state index in [0.29, 0.717) is 12.6 Å². The molecule has 1 saturated carbocycles. The van der Waals surface area contributed by atoms with E-state index in [1.165, 1.54) is 24.8 Å². The van der Waals surface area contributed by atoms with E-state index in [2.05, 4.69) is 23.5 Å². The summed E-state index contributed by atoms with van der Waals surface area (Å²) in [5.41, 5.74) is 1.84. The highest BCUT2D eigenvalue weighted by molar-refractivity contribution is 5.37. The van der Waals surface area contributed by atoms with E-state index in [1.54, 1.807) is 0 Å². The van der Waals surface area contributed by atoms with Gasteiger partial charge in [-0.3, -0.25) is 0 Å². The highest BCUT2D eigenvalue weighted by Gasteiger charge is 2.36. The zero-order valence-corrected chi connectivity index (χ0v) is 9.58. The molecule has 0 aliphatic heterocycles. The van der Waals surface area contributed by atoms with Crippen molar-refractivity contribution in [2.24, 2.45) is 0 Å². The minimum atomic E-state index is -0.619. The van der Waals surface area contributed by atoms with Crippen LogP contribution in [0.25, 0.3) is 0 Å². The smallest absolute Gasteiger partial charge is 0.103 e. The first kappa shape index (κ1) is 10.3. The molecule has 2 heteroatoms. The standard InChI is InChI=1S/C14H19NO/c16-14(10-15-12-5-3-6-12)9-8-11-4-1-2-7-13(11)14/h1-2,4,7,12,15-16H,3,5-6,8-10H2. The predicted molar refractivity (Wildman–Crippen MR) is 64.3 cm³/mol. The predicted octanol–water partition coefficient (Wildman–Crippen LogP) is 1.96. The van der Waals surface area contributed by atoms with Gasteiger partial charge in [0.25, 0.3) is 0 Å². The lowest BCUT2D eigenvalue weighted by atomic mass is 9.90. The Balaban J connectivity index is 1.73. The Labute approximate surface area is 96.7 Å². The summed E-state index contributed by atoms with van der Waals surface area (Å²) in [6.45, 7) is 0.717. The maximum absolute atomic E-state index is 10.6. The van der Waals surface area contributed by atoms with Crippen molar-refractivity contribution in [2.75, 3.05) is 6.54 Å². The fraction of sp³-hybridized carbons (Fsp3) is 0.571. The van der Waals surface area contributed by atoms with Crippen molar-refractivity contribution >= 4 is 0 Å². The number of nitrogens with one attached hydrogen (secondary N) is 1. The molecule has 0 radical (unpaired) electrons. The van der Waals surface area contributed by atoms with Crippen molar-refractivity contribution in [1.29, 1.82) is 0 Å². The lowest BCUT2D eigenvalue weighted by molar-refractivity contribution is 0.0328. The van der Waals surface area contributed by atoms with Gasteiger partial charge < -0.3 is 10.4 Å². The Bertz CT molecular complexity index is 386. The molecule has 2 aliphatic carbocycles. The van der Waals surface area contributed by atoms with Crippen LogP contribution >= 0.6 is 0 Å². The molecule has 1 atom stereocenters. The summed E-state index contributed by atoms with van der Waals surface area (Å²) in [6, 6.07) is 8.95. The van der Waals surface area contributed by atoms with Gasteiger partial charge in [0.05, 0.1) is 0 Å². The highest BCUT2D eigenvalue weighted by Crippen LogP contribution is 2.36. The van der Waals surface area contributed by atoms with E-state index in [-0.39, 0.29) is 0 Å². The first-order chi connectivity index (χ1) is 7.78. The quantitative estimate of drug-likeness (QED) is 0.811. The second kappa shape index (κ2) is 3.86. The van der Waals surface area contributed by atoms with Crippen LogP contribution in [0, 0.1) is 0 Å². The first-order valence-corrected chi connectivity index (χ1v) is 6.32. The number of rotatable bonds is 3. The van der Waals surface area contributed by atoms with Crippen LogP contribution in [-0.4, -0.2) is 17.7 Å². The Hall–Kier alpha value is -0.860. The van der Waals surface area contributed by atoms with Crippen LogP contribution in [0.1, 0.15) is 36.8 Å². The number of benzene rings is 1. The van der Waals surface area contributed by atoms with E-state index < -0.39 is 5.60 Å². The normalized spacial score (nSPS) is 28.8. The van der Waals surface area contributed by atoms with Crippen molar-refractivity contribution in [2.45, 2.75) is 43.7 Å². The van der Waals surface area contributed by atoms with Crippen molar-refractivity contribution in [1.82, 2.24) is 5.32 Å². The molecule has 2 aliphatic rings. The van der Waals surface area contributed by atoms with Crippen LogP contribution in [0.15, 0.2) is 24.3 Å². The van der Waals surface area contributed by atoms with Gasteiger partial charge in [-0.05, 0) is 36.8 Å². The van der Waals surface area contributed by atoms with Gasteiger partial charge in [0.2, 0.25) is 0 Å². The molecule has 0 amide bonds. The average Bonchev–Trinajstić information content (AvgIpc) is 2.56. The number of aliphatic hydroxyl groups is 1. The van der Waals surface area contributed by atoms with Crippen LogP contribution < -0.4 is 5.32 Å². The molecule has 1 fully saturated rings. The molecule has 2 nitrogen and oxygen atoms in total. The van der Waals surface area contributed by atoms with Gasteiger partial charge in [-0.2, -0.15) is 0 Å². The molecular weight excluding hydrogens is 198 g/mol. The summed E-state index contributed by atoms with van der Waals surface area (Å²) >= 11 is 0. The molecule has 1 unspecified atom stereocenters. The maximum atomic E-state index is 10.6. The van der Waals surface area contributed by atoms with E-state index >= 15 is 0 Å². The second-order valence-corrected chi connectivity index (χ2v) is 5.20. The molecule has 0 aromatic heterocycles. The van der Waals surface area contributed by atoms with Gasteiger partial charge in [0, 0.05) is 12.6 Å². The van der Waals surface area contributed by atoms with E-state index in [0.717, 1.165) is 18.4 Å². The van der Waals surface area contributed by atoms with Gasteiger partial charge in [-0.1, -0.05) is 30.7 Å². The molecule has 0 saturated heterocycles. The topological polar surface area (TPSA) is 32.3 Å². The van der Waals surface area contributed by atoms with Crippen LogP contribution in [0.2, 0.25) is 0 Å². The number of fused-ring (bicyclic) bond motifs is 1. The zero-order valence-electron chi connectivity index (χ0n) is 9.58. The fourth-order valence-electron chi connectivity index (χ4n) is 2.78. The number of hydrogen-bond donors (Lipinski definition) is 2. The van der Waals surface area contributed by atoms with E-state index in [1.807, 2.05) is 6.07 Å².